The summed E-state index contributed by atoms with van der Waals surface area (Å²) in [7, 11) is 0. The number of hydrogen-bond acceptors (Lipinski definition) is 1. The molecule has 2 N–H and O–H groups in total. The highest BCUT2D eigenvalue weighted by Crippen LogP contribution is 2.40. The highest BCUT2D eigenvalue weighted by Gasteiger charge is 2.33. The van der Waals surface area contributed by atoms with Crippen LogP contribution < -0.4 is 5.73 Å². The van der Waals surface area contributed by atoms with E-state index in [1.54, 1.807) is 0 Å². The van der Waals surface area contributed by atoms with Gasteiger partial charge in [0.15, 0.2) is 0 Å². The van der Waals surface area contributed by atoms with Gasteiger partial charge < -0.3 is 5.73 Å². The quantitative estimate of drug-likeness (QED) is 0.681. The Labute approximate surface area is 88.4 Å². The molecule has 2 unspecified atom stereocenters. The Morgan fingerprint density at radius 3 is 2.21 bits per heavy atom. The van der Waals surface area contributed by atoms with Gasteiger partial charge in [-0.05, 0) is 31.6 Å². The minimum Gasteiger partial charge on any atom is -0.325 e. The maximum atomic E-state index is 6.27. The third kappa shape index (κ3) is 2.50. The lowest BCUT2D eigenvalue weighted by molar-refractivity contribution is 0.148. The zero-order chi connectivity index (χ0) is 10.0. The molecular formula is C13H25N. The molecule has 82 valence electrons. The summed E-state index contributed by atoms with van der Waals surface area (Å²) < 4.78 is 0. The van der Waals surface area contributed by atoms with Crippen molar-refractivity contribution < 1.29 is 0 Å². The first kappa shape index (κ1) is 10.5. The van der Waals surface area contributed by atoms with Gasteiger partial charge >= 0.3 is 0 Å². The second kappa shape index (κ2) is 4.22. The summed E-state index contributed by atoms with van der Waals surface area (Å²) in [4.78, 5) is 0. The highest BCUT2D eigenvalue weighted by atomic mass is 14.7. The van der Waals surface area contributed by atoms with Gasteiger partial charge in [0.2, 0.25) is 0 Å². The average molecular weight is 195 g/mol. The normalized spacial score (nSPS) is 41.1. The predicted octanol–water partition coefficient (Wildman–Crippen LogP) is 3.47. The lowest BCUT2D eigenvalue weighted by Gasteiger charge is -2.40. The van der Waals surface area contributed by atoms with Crippen LogP contribution in [0, 0.1) is 11.8 Å². The van der Waals surface area contributed by atoms with E-state index in [-0.39, 0.29) is 5.54 Å². The molecule has 2 aliphatic carbocycles. The van der Waals surface area contributed by atoms with Crippen LogP contribution in [0.25, 0.3) is 0 Å². The Morgan fingerprint density at radius 2 is 1.57 bits per heavy atom. The third-order valence-electron chi connectivity index (χ3n) is 4.37. The van der Waals surface area contributed by atoms with E-state index in [1.165, 1.54) is 57.8 Å². The maximum Gasteiger partial charge on any atom is 0.0128 e. The zero-order valence-corrected chi connectivity index (χ0v) is 9.60. The third-order valence-corrected chi connectivity index (χ3v) is 4.37. The van der Waals surface area contributed by atoms with Crippen molar-refractivity contribution >= 4 is 0 Å². The van der Waals surface area contributed by atoms with Crippen molar-refractivity contribution in [1.29, 1.82) is 0 Å². The van der Waals surface area contributed by atoms with E-state index in [0.717, 1.165) is 11.8 Å². The van der Waals surface area contributed by atoms with E-state index in [1.807, 2.05) is 0 Å². The van der Waals surface area contributed by atoms with Crippen molar-refractivity contribution in [3.63, 3.8) is 0 Å². The molecule has 0 heterocycles. The second-order valence-electron chi connectivity index (χ2n) is 5.91. The van der Waals surface area contributed by atoms with Gasteiger partial charge in [-0.25, -0.2) is 0 Å². The van der Waals surface area contributed by atoms with Crippen LogP contribution in [-0.2, 0) is 0 Å². The maximum absolute atomic E-state index is 6.27. The molecule has 2 fully saturated rings. The van der Waals surface area contributed by atoms with Crippen molar-refractivity contribution in [2.45, 2.75) is 70.3 Å². The predicted molar refractivity (Wildman–Crippen MR) is 61.1 cm³/mol. The molecule has 0 radical (unpaired) electrons. The van der Waals surface area contributed by atoms with E-state index in [9.17, 15) is 0 Å². The SMILES string of the molecule is CC1(N)CCCC(C2CCCCC2)C1. The van der Waals surface area contributed by atoms with Crippen LogP contribution in [0.15, 0.2) is 0 Å². The summed E-state index contributed by atoms with van der Waals surface area (Å²) in [5.41, 5.74) is 6.43. The smallest absolute Gasteiger partial charge is 0.0128 e. The van der Waals surface area contributed by atoms with Gasteiger partial charge in [-0.3, -0.25) is 0 Å². The van der Waals surface area contributed by atoms with Crippen molar-refractivity contribution in [2.24, 2.45) is 17.6 Å². The van der Waals surface area contributed by atoms with E-state index >= 15 is 0 Å². The van der Waals surface area contributed by atoms with Crippen molar-refractivity contribution in [3.8, 4) is 0 Å². The Bertz CT molecular complexity index is 180. The molecule has 2 rings (SSSR count). The number of hydrogen-bond donors (Lipinski definition) is 1. The van der Waals surface area contributed by atoms with E-state index in [4.69, 9.17) is 5.73 Å². The molecule has 0 aliphatic heterocycles. The molecule has 0 amide bonds. The molecule has 2 saturated carbocycles. The fraction of sp³-hybridized carbons (Fsp3) is 1.00. The zero-order valence-electron chi connectivity index (χ0n) is 9.60. The fourth-order valence-corrected chi connectivity index (χ4v) is 3.58. The van der Waals surface area contributed by atoms with Gasteiger partial charge in [-0.1, -0.05) is 44.9 Å². The lowest BCUT2D eigenvalue weighted by atomic mass is 9.68. The standard InChI is InChI=1S/C13H25N/c1-13(14)9-5-8-12(10-13)11-6-3-2-4-7-11/h11-12H,2-10,14H2,1H3. The van der Waals surface area contributed by atoms with Crippen molar-refractivity contribution in [1.82, 2.24) is 0 Å². The molecule has 1 heteroatoms. The second-order valence-corrected chi connectivity index (χ2v) is 5.91. The molecule has 14 heavy (non-hydrogen) atoms. The molecule has 0 aromatic heterocycles. The fourth-order valence-electron chi connectivity index (χ4n) is 3.58. The first-order valence-corrected chi connectivity index (χ1v) is 6.46. The Kier molecular flexibility index (Phi) is 3.16. The van der Waals surface area contributed by atoms with Crippen molar-refractivity contribution in [3.05, 3.63) is 0 Å². The first-order chi connectivity index (χ1) is 6.67. The number of rotatable bonds is 1. The van der Waals surface area contributed by atoms with Crippen LogP contribution in [0.3, 0.4) is 0 Å². The van der Waals surface area contributed by atoms with Crippen LogP contribution in [0.5, 0.6) is 0 Å². The van der Waals surface area contributed by atoms with Gasteiger partial charge in [-0.2, -0.15) is 0 Å². The summed E-state index contributed by atoms with van der Waals surface area (Å²) in [6, 6.07) is 0. The van der Waals surface area contributed by atoms with Crippen molar-refractivity contribution in [2.75, 3.05) is 0 Å². The average Bonchev–Trinajstić information content (AvgIpc) is 2.18. The molecule has 0 aromatic rings. The van der Waals surface area contributed by atoms with E-state index in [0.29, 0.717) is 0 Å². The summed E-state index contributed by atoms with van der Waals surface area (Å²) in [6.07, 6.45) is 12.8. The molecule has 2 atom stereocenters. The van der Waals surface area contributed by atoms with E-state index in [2.05, 4.69) is 6.92 Å². The summed E-state index contributed by atoms with van der Waals surface area (Å²) in [5.74, 6) is 1.98. The van der Waals surface area contributed by atoms with Gasteiger partial charge in [-0.15, -0.1) is 0 Å². The van der Waals surface area contributed by atoms with Crippen LogP contribution in [0.4, 0.5) is 0 Å². The first-order valence-electron chi connectivity index (χ1n) is 6.46. The minimum absolute atomic E-state index is 0.153. The molecule has 0 aromatic carbocycles. The summed E-state index contributed by atoms with van der Waals surface area (Å²) >= 11 is 0. The Morgan fingerprint density at radius 1 is 0.929 bits per heavy atom. The lowest BCUT2D eigenvalue weighted by Crippen LogP contribution is -2.42. The van der Waals surface area contributed by atoms with Crippen LogP contribution >= 0.6 is 0 Å². The molecule has 0 bridgehead atoms. The van der Waals surface area contributed by atoms with Gasteiger partial charge in [0.1, 0.15) is 0 Å². The molecule has 2 aliphatic rings. The summed E-state index contributed by atoms with van der Waals surface area (Å²) in [5, 5.41) is 0. The van der Waals surface area contributed by atoms with Crippen LogP contribution in [-0.4, -0.2) is 5.54 Å². The summed E-state index contributed by atoms with van der Waals surface area (Å²) in [6.45, 7) is 2.25. The largest absolute Gasteiger partial charge is 0.325 e. The Balaban J connectivity index is 1.89. The minimum atomic E-state index is 0.153. The van der Waals surface area contributed by atoms with Crippen LogP contribution in [0.2, 0.25) is 0 Å². The molecule has 1 nitrogen and oxygen atoms in total. The van der Waals surface area contributed by atoms with Gasteiger partial charge in [0, 0.05) is 5.54 Å². The topological polar surface area (TPSA) is 26.0 Å². The van der Waals surface area contributed by atoms with Crippen LogP contribution in [0.1, 0.15) is 64.7 Å². The molecule has 0 spiro atoms. The Hall–Kier alpha value is -0.0400. The number of nitrogens with two attached hydrogens (primary N) is 1. The molecule has 0 saturated heterocycles. The molecular weight excluding hydrogens is 170 g/mol. The van der Waals surface area contributed by atoms with Gasteiger partial charge in [0.05, 0.1) is 0 Å². The monoisotopic (exact) mass is 195 g/mol. The van der Waals surface area contributed by atoms with Gasteiger partial charge in [0.25, 0.3) is 0 Å². The van der Waals surface area contributed by atoms with E-state index < -0.39 is 0 Å². The highest BCUT2D eigenvalue weighted by molar-refractivity contribution is 4.89.